The van der Waals surface area contributed by atoms with Crippen LogP contribution in [-0.4, -0.2) is 28.3 Å². The molecule has 1 aliphatic heterocycles. The van der Waals surface area contributed by atoms with E-state index in [0.29, 0.717) is 38.6 Å². The van der Waals surface area contributed by atoms with E-state index < -0.39 is 11.8 Å². The highest BCUT2D eigenvalue weighted by Gasteiger charge is 2.34. The number of methoxy groups -OCH3 is 1. The number of benzene rings is 3. The smallest absolute Gasteiger partial charge is 0.285 e. The second-order valence-corrected chi connectivity index (χ2v) is 11.2. The molecule has 184 valence electrons. The van der Waals surface area contributed by atoms with Crippen molar-refractivity contribution in [3.8, 4) is 11.5 Å². The van der Waals surface area contributed by atoms with Gasteiger partial charge in [0.15, 0.2) is 15.8 Å². The second-order valence-electron chi connectivity index (χ2n) is 7.72. The topological polar surface area (TPSA) is 67.9 Å². The summed E-state index contributed by atoms with van der Waals surface area (Å²) in [5.41, 5.74) is 5.61. The molecule has 1 aliphatic rings. The molecule has 1 N–H and O–H groups in total. The fourth-order valence-corrected chi connectivity index (χ4v) is 5.42. The van der Waals surface area contributed by atoms with Crippen LogP contribution in [0.25, 0.3) is 6.08 Å². The Labute approximate surface area is 235 Å². The van der Waals surface area contributed by atoms with E-state index in [-0.39, 0.29) is 4.32 Å². The Morgan fingerprint density at radius 1 is 1.14 bits per heavy atom. The molecule has 0 saturated carbocycles. The number of thioether (sulfide) groups is 1. The van der Waals surface area contributed by atoms with Gasteiger partial charge in [-0.2, -0.15) is 5.01 Å². The van der Waals surface area contributed by atoms with E-state index in [4.69, 9.17) is 21.7 Å². The number of ether oxygens (including phenoxy) is 2. The number of hydrogen-bond acceptors (Lipinski definition) is 6. The second kappa shape index (κ2) is 11.6. The summed E-state index contributed by atoms with van der Waals surface area (Å²) < 4.78 is 13.5. The van der Waals surface area contributed by atoms with Gasteiger partial charge in [0.2, 0.25) is 0 Å². The van der Waals surface area contributed by atoms with Crippen LogP contribution in [0.2, 0.25) is 0 Å². The average molecular weight is 648 g/mol. The molecule has 0 radical (unpaired) electrons. The molecule has 10 heteroatoms. The molecule has 0 aliphatic carbocycles. The van der Waals surface area contributed by atoms with E-state index in [1.807, 2.05) is 49.4 Å². The summed E-state index contributed by atoms with van der Waals surface area (Å²) in [6, 6.07) is 18.6. The van der Waals surface area contributed by atoms with E-state index >= 15 is 0 Å². The first kappa shape index (κ1) is 26.4. The number of hydrogen-bond donors (Lipinski definition) is 1. The minimum absolute atomic E-state index is 0.244. The van der Waals surface area contributed by atoms with Gasteiger partial charge in [-0.15, -0.1) is 0 Å². The van der Waals surface area contributed by atoms with E-state index in [9.17, 15) is 9.59 Å². The number of nitrogens with zero attached hydrogens (tertiary/aromatic N) is 1. The standard InChI is InChI=1S/C26H20Br2N2O4S2/c1-15-5-3-4-6-19(15)24(31)29-30-25(32)22(36-26(30)35)13-17-11-20(28)23(21(12-17)33-2)34-14-16-7-9-18(27)10-8-16/h3-13H,14H2,1-2H3,(H,29,31)/b22-13+. The number of nitrogens with one attached hydrogen (secondary N) is 1. The number of aryl methyl sites for hydroxylation is 1. The lowest BCUT2D eigenvalue weighted by atomic mass is 10.1. The summed E-state index contributed by atoms with van der Waals surface area (Å²) in [6.07, 6.45) is 1.70. The largest absolute Gasteiger partial charge is 0.493 e. The minimum atomic E-state index is -0.405. The van der Waals surface area contributed by atoms with Crippen molar-refractivity contribution >= 4 is 78.1 Å². The third-order valence-electron chi connectivity index (χ3n) is 5.24. The summed E-state index contributed by atoms with van der Waals surface area (Å²) in [4.78, 5) is 26.1. The van der Waals surface area contributed by atoms with Crippen molar-refractivity contribution in [3.63, 3.8) is 0 Å². The molecule has 1 fully saturated rings. The third-order valence-corrected chi connectivity index (χ3v) is 7.66. The van der Waals surface area contributed by atoms with Crippen molar-refractivity contribution in [1.29, 1.82) is 0 Å². The Morgan fingerprint density at radius 2 is 1.86 bits per heavy atom. The molecule has 6 nitrogen and oxygen atoms in total. The van der Waals surface area contributed by atoms with Crippen LogP contribution in [0.15, 0.2) is 74.5 Å². The molecular formula is C26H20Br2N2O4S2. The number of amides is 2. The summed E-state index contributed by atoms with van der Waals surface area (Å²) in [6.45, 7) is 2.19. The van der Waals surface area contributed by atoms with Crippen molar-refractivity contribution in [2.24, 2.45) is 0 Å². The quantitative estimate of drug-likeness (QED) is 0.229. The molecule has 0 aromatic heterocycles. The van der Waals surface area contributed by atoms with Gasteiger partial charge in [-0.1, -0.05) is 58.0 Å². The molecule has 1 heterocycles. The molecule has 1 saturated heterocycles. The van der Waals surface area contributed by atoms with Crippen molar-refractivity contribution in [2.45, 2.75) is 13.5 Å². The van der Waals surface area contributed by atoms with Gasteiger partial charge in [0, 0.05) is 10.0 Å². The Morgan fingerprint density at radius 3 is 2.56 bits per heavy atom. The van der Waals surface area contributed by atoms with E-state index in [1.54, 1.807) is 31.4 Å². The van der Waals surface area contributed by atoms with E-state index in [2.05, 4.69) is 37.3 Å². The van der Waals surface area contributed by atoms with Crippen molar-refractivity contribution in [3.05, 3.63) is 96.8 Å². The molecule has 36 heavy (non-hydrogen) atoms. The maximum atomic E-state index is 13.0. The zero-order chi connectivity index (χ0) is 25.8. The first-order valence-electron chi connectivity index (χ1n) is 10.7. The highest BCUT2D eigenvalue weighted by Crippen LogP contribution is 2.39. The Kier molecular flexibility index (Phi) is 8.50. The average Bonchev–Trinajstić information content (AvgIpc) is 3.11. The minimum Gasteiger partial charge on any atom is -0.493 e. The van der Waals surface area contributed by atoms with Crippen LogP contribution in [0.3, 0.4) is 0 Å². The molecule has 0 spiro atoms. The normalized spacial score (nSPS) is 14.3. The number of thiocarbonyl (C=S) groups is 1. The summed E-state index contributed by atoms with van der Waals surface area (Å²) >= 11 is 13.4. The molecule has 0 atom stereocenters. The third kappa shape index (κ3) is 6.00. The highest BCUT2D eigenvalue weighted by molar-refractivity contribution is 9.10. The van der Waals surface area contributed by atoms with Gasteiger partial charge in [0.25, 0.3) is 11.8 Å². The van der Waals surface area contributed by atoms with Crippen LogP contribution in [0, 0.1) is 6.92 Å². The van der Waals surface area contributed by atoms with Crippen LogP contribution < -0.4 is 14.9 Å². The van der Waals surface area contributed by atoms with Crippen LogP contribution in [-0.2, 0) is 11.4 Å². The summed E-state index contributed by atoms with van der Waals surface area (Å²) in [5.74, 6) is 0.256. The van der Waals surface area contributed by atoms with Gasteiger partial charge in [0.05, 0.1) is 16.5 Å². The van der Waals surface area contributed by atoms with Crippen molar-refractivity contribution < 1.29 is 19.1 Å². The van der Waals surface area contributed by atoms with Gasteiger partial charge in [-0.25, -0.2) is 0 Å². The SMILES string of the molecule is COc1cc(/C=C2/SC(=S)N(NC(=O)c3ccccc3C)C2=O)cc(Br)c1OCc1ccc(Br)cc1. The van der Waals surface area contributed by atoms with Gasteiger partial charge in [-0.3, -0.25) is 15.0 Å². The number of halogens is 2. The van der Waals surface area contributed by atoms with E-state index in [1.165, 1.54) is 0 Å². The molecular weight excluding hydrogens is 628 g/mol. The van der Waals surface area contributed by atoms with Crippen LogP contribution in [0.5, 0.6) is 11.5 Å². The number of carbonyl (C=O) groups excluding carboxylic acids is 2. The lowest BCUT2D eigenvalue weighted by Gasteiger charge is -2.16. The van der Waals surface area contributed by atoms with Gasteiger partial charge < -0.3 is 9.47 Å². The zero-order valence-electron chi connectivity index (χ0n) is 19.2. The monoisotopic (exact) mass is 646 g/mol. The number of hydrazine groups is 1. The maximum absolute atomic E-state index is 13.0. The molecule has 2 amide bonds. The molecule has 0 bridgehead atoms. The number of carbonyl (C=O) groups is 2. The highest BCUT2D eigenvalue weighted by atomic mass is 79.9. The fraction of sp³-hybridized carbons (Fsp3) is 0.115. The molecule has 3 aromatic rings. The molecule has 4 rings (SSSR count). The zero-order valence-corrected chi connectivity index (χ0v) is 24.0. The van der Waals surface area contributed by atoms with Crippen LogP contribution in [0.4, 0.5) is 0 Å². The Balaban J connectivity index is 1.51. The van der Waals surface area contributed by atoms with Crippen LogP contribution in [0.1, 0.15) is 27.0 Å². The fourth-order valence-electron chi connectivity index (χ4n) is 3.40. The lowest BCUT2D eigenvalue weighted by Crippen LogP contribution is -2.45. The number of rotatable bonds is 7. The Bertz CT molecular complexity index is 1380. The predicted molar refractivity (Wildman–Crippen MR) is 153 cm³/mol. The molecule has 3 aromatic carbocycles. The summed E-state index contributed by atoms with van der Waals surface area (Å²) in [5, 5.41) is 1.10. The maximum Gasteiger partial charge on any atom is 0.285 e. The first-order valence-corrected chi connectivity index (χ1v) is 13.5. The van der Waals surface area contributed by atoms with E-state index in [0.717, 1.165) is 32.4 Å². The van der Waals surface area contributed by atoms with Gasteiger partial charge >= 0.3 is 0 Å². The predicted octanol–water partition coefficient (Wildman–Crippen LogP) is 6.65. The van der Waals surface area contributed by atoms with Crippen molar-refractivity contribution in [2.75, 3.05) is 7.11 Å². The van der Waals surface area contributed by atoms with Crippen LogP contribution >= 0.6 is 55.8 Å². The molecule has 0 unspecified atom stereocenters. The summed E-state index contributed by atoms with van der Waals surface area (Å²) in [7, 11) is 1.55. The lowest BCUT2D eigenvalue weighted by molar-refractivity contribution is -0.123. The van der Waals surface area contributed by atoms with Gasteiger partial charge in [-0.05, 0) is 88.2 Å². The van der Waals surface area contributed by atoms with Gasteiger partial charge in [0.1, 0.15) is 6.61 Å². The Hall–Kier alpha value is -2.66. The first-order chi connectivity index (χ1) is 17.3. The van der Waals surface area contributed by atoms with Crippen molar-refractivity contribution in [1.82, 2.24) is 10.4 Å².